The Morgan fingerprint density at radius 2 is 0.794 bits per heavy atom. The first kappa shape index (κ1) is 64.4. The molecule has 0 aromatic carbocycles. The van der Waals surface area contributed by atoms with Crippen LogP contribution in [0.15, 0.2) is 97.2 Å². The predicted octanol–water partition coefficient (Wildman–Crippen LogP) is 14.9. The van der Waals surface area contributed by atoms with Gasteiger partial charge in [0.05, 0.1) is 19.8 Å². The molecule has 0 heterocycles. The van der Waals surface area contributed by atoms with Crippen LogP contribution < -0.4 is 0 Å². The van der Waals surface area contributed by atoms with Gasteiger partial charge in [-0.25, -0.2) is 4.57 Å². The molecular formula is C56H93O11P. The van der Waals surface area contributed by atoms with E-state index >= 15 is 0 Å². The van der Waals surface area contributed by atoms with Crippen LogP contribution in [-0.2, 0) is 42.2 Å². The van der Waals surface area contributed by atoms with Crippen LogP contribution in [0.5, 0.6) is 0 Å². The molecule has 68 heavy (non-hydrogen) atoms. The molecule has 0 aromatic heterocycles. The molecule has 0 amide bonds. The van der Waals surface area contributed by atoms with Gasteiger partial charge in [0.1, 0.15) is 12.7 Å². The summed E-state index contributed by atoms with van der Waals surface area (Å²) >= 11 is 0. The maximum atomic E-state index is 12.8. The van der Waals surface area contributed by atoms with Gasteiger partial charge in [0.25, 0.3) is 0 Å². The van der Waals surface area contributed by atoms with Crippen LogP contribution >= 0.6 is 7.82 Å². The standard InChI is InChI=1S/C56H93O11P/c1-4-7-10-13-16-19-22-23-24-25-26-27-28-29-32-35-38-41-44-47-56(60)67-53(49-63-54(58)45-42-39-36-33-30-20-17-14-11-8-5-2)51-65-68(61,62)64-50-52(48-57)66-55(59)46-43-40-37-34-31-21-18-15-12-9-6-3/h7,10,14-19,23-24,26-27,29,32,38,41,52-53,57H,4-6,8-9,11-13,20-22,25,28,30-31,33-37,39-40,42-51H2,1-3H3,(H,61,62)/b10-7-,17-14-,18-15-,19-16-,24-23-,27-26-,32-29-,41-38-. The molecule has 0 saturated heterocycles. The van der Waals surface area contributed by atoms with Crippen molar-refractivity contribution in [1.82, 2.24) is 0 Å². The fourth-order valence-corrected chi connectivity index (χ4v) is 7.24. The van der Waals surface area contributed by atoms with Crippen LogP contribution in [0.3, 0.4) is 0 Å². The number of aliphatic hydroxyl groups excluding tert-OH is 1. The van der Waals surface area contributed by atoms with Gasteiger partial charge in [-0.2, -0.15) is 0 Å². The predicted molar refractivity (Wildman–Crippen MR) is 279 cm³/mol. The fraction of sp³-hybridized carbons (Fsp3) is 0.661. The molecule has 3 atom stereocenters. The summed E-state index contributed by atoms with van der Waals surface area (Å²) in [4.78, 5) is 48.2. The number of allylic oxidation sites excluding steroid dienone is 16. The number of ether oxygens (including phenoxy) is 3. The number of esters is 3. The number of carbonyl (C=O) groups excluding carboxylic acids is 3. The molecule has 0 aliphatic rings. The van der Waals surface area contributed by atoms with Crippen LogP contribution in [0.2, 0.25) is 0 Å². The Morgan fingerprint density at radius 3 is 1.26 bits per heavy atom. The SMILES string of the molecule is CC/C=C\C/C=C\C/C=C\C/C=C\C/C=C\C/C=C\CCC(=O)OC(COC(=O)CCCCCCC/C=C\CCCC)COP(=O)(O)OCC(CO)OC(=O)CCCCCCC/C=C\CCCC. The van der Waals surface area contributed by atoms with Crippen LogP contribution in [0, 0.1) is 0 Å². The third-order valence-corrected chi connectivity index (χ3v) is 11.4. The second-order valence-electron chi connectivity index (χ2n) is 16.9. The van der Waals surface area contributed by atoms with Crippen molar-refractivity contribution in [1.29, 1.82) is 0 Å². The molecule has 0 radical (unpaired) electrons. The molecule has 2 N–H and O–H groups in total. The summed E-state index contributed by atoms with van der Waals surface area (Å²) < 4.78 is 39.2. The van der Waals surface area contributed by atoms with Crippen molar-refractivity contribution in [3.05, 3.63) is 97.2 Å². The summed E-state index contributed by atoms with van der Waals surface area (Å²) in [6.07, 6.45) is 56.8. The zero-order chi connectivity index (χ0) is 49.9. The smallest absolute Gasteiger partial charge is 0.462 e. The topological polar surface area (TPSA) is 155 Å². The van der Waals surface area contributed by atoms with Gasteiger partial charge in [0.15, 0.2) is 6.10 Å². The lowest BCUT2D eigenvalue weighted by molar-refractivity contribution is -0.161. The largest absolute Gasteiger partial charge is 0.472 e. The number of phosphoric acid groups is 1. The number of phosphoric ester groups is 1. The summed E-state index contributed by atoms with van der Waals surface area (Å²) in [6, 6.07) is 0. The van der Waals surface area contributed by atoms with E-state index in [1.165, 1.54) is 25.7 Å². The first-order chi connectivity index (χ1) is 33.2. The van der Waals surface area contributed by atoms with Crippen molar-refractivity contribution < 1.29 is 52.2 Å². The molecule has 0 saturated carbocycles. The van der Waals surface area contributed by atoms with Gasteiger partial charge in [-0.05, 0) is 96.3 Å². The molecule has 0 aliphatic carbocycles. The molecule has 0 rings (SSSR count). The summed E-state index contributed by atoms with van der Waals surface area (Å²) in [7, 11) is -4.77. The van der Waals surface area contributed by atoms with Crippen molar-refractivity contribution in [2.45, 2.75) is 213 Å². The zero-order valence-corrected chi connectivity index (χ0v) is 43.4. The van der Waals surface area contributed by atoms with E-state index in [1.807, 2.05) is 12.2 Å². The van der Waals surface area contributed by atoms with E-state index in [0.29, 0.717) is 25.7 Å². The van der Waals surface area contributed by atoms with Crippen molar-refractivity contribution in [2.24, 2.45) is 0 Å². The Hall–Kier alpha value is -3.60. The van der Waals surface area contributed by atoms with Gasteiger partial charge < -0.3 is 24.2 Å². The third kappa shape index (κ3) is 47.5. The lowest BCUT2D eigenvalue weighted by atomic mass is 10.1. The van der Waals surface area contributed by atoms with Crippen LogP contribution in [-0.4, -0.2) is 66.5 Å². The van der Waals surface area contributed by atoms with E-state index in [4.69, 9.17) is 23.3 Å². The molecule has 0 bridgehead atoms. The Morgan fingerprint density at radius 1 is 0.426 bits per heavy atom. The minimum absolute atomic E-state index is 0.0365. The van der Waals surface area contributed by atoms with E-state index in [-0.39, 0.29) is 25.9 Å². The Balaban J connectivity index is 4.87. The lowest BCUT2D eigenvalue weighted by Gasteiger charge is -2.21. The normalized spacial score (nSPS) is 14.2. The minimum Gasteiger partial charge on any atom is -0.462 e. The summed E-state index contributed by atoms with van der Waals surface area (Å²) in [5, 5.41) is 9.76. The van der Waals surface area contributed by atoms with Gasteiger partial charge in [0, 0.05) is 19.3 Å². The highest BCUT2D eigenvalue weighted by Crippen LogP contribution is 2.43. The van der Waals surface area contributed by atoms with Crippen molar-refractivity contribution in [3.8, 4) is 0 Å². The van der Waals surface area contributed by atoms with Crippen LogP contribution in [0.4, 0.5) is 0 Å². The second kappa shape index (κ2) is 49.8. The minimum atomic E-state index is -4.77. The third-order valence-electron chi connectivity index (χ3n) is 10.5. The van der Waals surface area contributed by atoms with Gasteiger partial charge in [-0.1, -0.05) is 182 Å². The highest BCUT2D eigenvalue weighted by atomic mass is 31.2. The number of hydrogen-bond acceptors (Lipinski definition) is 10. The Kier molecular flexibility index (Phi) is 47.2. The van der Waals surface area contributed by atoms with Crippen molar-refractivity contribution in [3.63, 3.8) is 0 Å². The van der Waals surface area contributed by atoms with Crippen LogP contribution in [0.25, 0.3) is 0 Å². The second-order valence-corrected chi connectivity index (χ2v) is 18.4. The summed E-state index contributed by atoms with van der Waals surface area (Å²) in [5.41, 5.74) is 0. The Labute approximate surface area is 412 Å². The van der Waals surface area contributed by atoms with Crippen molar-refractivity contribution in [2.75, 3.05) is 26.4 Å². The van der Waals surface area contributed by atoms with E-state index in [0.717, 1.165) is 109 Å². The molecule has 0 aliphatic heterocycles. The molecule has 11 nitrogen and oxygen atoms in total. The van der Waals surface area contributed by atoms with Gasteiger partial charge in [-0.3, -0.25) is 23.4 Å². The molecule has 0 aromatic rings. The van der Waals surface area contributed by atoms with E-state index < -0.39 is 57.8 Å². The van der Waals surface area contributed by atoms with E-state index in [2.05, 4.69) is 106 Å². The fourth-order valence-electron chi connectivity index (χ4n) is 6.46. The maximum absolute atomic E-state index is 12.8. The van der Waals surface area contributed by atoms with Crippen LogP contribution in [0.1, 0.15) is 201 Å². The number of hydrogen-bond donors (Lipinski definition) is 2. The van der Waals surface area contributed by atoms with Gasteiger partial charge in [0.2, 0.25) is 0 Å². The monoisotopic (exact) mass is 973 g/mol. The molecule has 12 heteroatoms. The molecule has 3 unspecified atom stereocenters. The summed E-state index contributed by atoms with van der Waals surface area (Å²) in [6.45, 7) is 4.31. The number of aliphatic hydroxyl groups is 1. The molecular weight excluding hydrogens is 880 g/mol. The molecule has 0 fully saturated rings. The highest BCUT2D eigenvalue weighted by molar-refractivity contribution is 7.47. The first-order valence-corrected chi connectivity index (χ1v) is 27.6. The van der Waals surface area contributed by atoms with Gasteiger partial charge >= 0.3 is 25.7 Å². The van der Waals surface area contributed by atoms with Crippen molar-refractivity contribution >= 4 is 25.7 Å². The number of carbonyl (C=O) groups is 3. The average Bonchev–Trinajstić information content (AvgIpc) is 3.32. The summed E-state index contributed by atoms with van der Waals surface area (Å²) in [5.74, 6) is -1.60. The molecule has 388 valence electrons. The van der Waals surface area contributed by atoms with E-state index in [1.54, 1.807) is 0 Å². The van der Waals surface area contributed by atoms with E-state index in [9.17, 15) is 28.9 Å². The number of rotatable bonds is 47. The number of unbranched alkanes of at least 4 members (excludes halogenated alkanes) is 14. The lowest BCUT2D eigenvalue weighted by Crippen LogP contribution is -2.30. The molecule has 0 spiro atoms. The Bertz CT molecular complexity index is 1510. The quantitative estimate of drug-likeness (QED) is 0.0197. The average molecular weight is 973 g/mol. The highest BCUT2D eigenvalue weighted by Gasteiger charge is 2.28. The maximum Gasteiger partial charge on any atom is 0.472 e. The zero-order valence-electron chi connectivity index (χ0n) is 42.5. The van der Waals surface area contributed by atoms with Gasteiger partial charge in [-0.15, -0.1) is 0 Å². The first-order valence-electron chi connectivity index (χ1n) is 26.1.